The molecule has 0 radical (unpaired) electrons. The highest BCUT2D eigenvalue weighted by Crippen LogP contribution is 2.19. The summed E-state index contributed by atoms with van der Waals surface area (Å²) in [6.45, 7) is 11.6. The molecule has 1 N–H and O–H groups in total. The molecule has 2 unspecified atom stereocenters. The summed E-state index contributed by atoms with van der Waals surface area (Å²) in [5.41, 5.74) is 2.94. The third-order valence-corrected chi connectivity index (χ3v) is 3.62. The Morgan fingerprint density at radius 2 is 2.17 bits per heavy atom. The average Bonchev–Trinajstić information content (AvgIpc) is 2.73. The Balaban J connectivity index is 2.80. The Bertz CT molecular complexity index is 471. The predicted octanol–water partition coefficient (Wildman–Crippen LogP) is 3.98. The van der Waals surface area contributed by atoms with Crippen molar-refractivity contribution in [3.05, 3.63) is 46.0 Å². The number of aromatic nitrogens is 1. The van der Waals surface area contributed by atoms with Crippen LogP contribution in [-0.4, -0.2) is 16.2 Å². The van der Waals surface area contributed by atoms with Crippen LogP contribution in [-0.2, 0) is 0 Å². The monoisotopic (exact) mass is 263 g/mol. The molecule has 0 saturated carbocycles. The molecule has 2 atom stereocenters. The van der Waals surface area contributed by atoms with E-state index in [0.29, 0.717) is 0 Å². The largest absolute Gasteiger partial charge is 0.388 e. The maximum absolute atomic E-state index is 10.2. The number of hydrogen-bond acceptors (Lipinski definition) is 3. The van der Waals surface area contributed by atoms with Crippen molar-refractivity contribution in [3.8, 4) is 0 Å². The normalized spacial score (nSPS) is 16.5. The van der Waals surface area contributed by atoms with Crippen LogP contribution in [0, 0.1) is 12.8 Å². The first-order chi connectivity index (χ1) is 8.43. The van der Waals surface area contributed by atoms with Crippen molar-refractivity contribution in [1.82, 2.24) is 4.98 Å². The molecule has 0 aliphatic rings. The van der Waals surface area contributed by atoms with Crippen LogP contribution in [0.25, 0.3) is 6.08 Å². The van der Waals surface area contributed by atoms with E-state index in [4.69, 9.17) is 0 Å². The summed E-state index contributed by atoms with van der Waals surface area (Å²) >= 11 is 1.62. The minimum absolute atomic E-state index is 0.0685. The second-order valence-electron chi connectivity index (χ2n) is 4.60. The van der Waals surface area contributed by atoms with Gasteiger partial charge in [0.2, 0.25) is 0 Å². The van der Waals surface area contributed by atoms with Gasteiger partial charge in [-0.25, -0.2) is 4.98 Å². The molecule has 0 spiro atoms. The number of aliphatic hydroxyl groups is 1. The van der Waals surface area contributed by atoms with Gasteiger partial charge in [0.25, 0.3) is 0 Å². The second kappa shape index (κ2) is 6.66. The average molecular weight is 263 g/mol. The SMILES string of the molecule is C=CC(C)=CC(C)C(O)/C(C)=C/c1csc(C)n1. The van der Waals surface area contributed by atoms with E-state index in [-0.39, 0.29) is 5.92 Å². The Morgan fingerprint density at radius 3 is 2.67 bits per heavy atom. The first-order valence-corrected chi connectivity index (χ1v) is 6.91. The van der Waals surface area contributed by atoms with E-state index in [1.54, 1.807) is 17.4 Å². The number of hydrogen-bond donors (Lipinski definition) is 1. The summed E-state index contributed by atoms with van der Waals surface area (Å²) in [5, 5.41) is 13.3. The predicted molar refractivity (Wildman–Crippen MR) is 79.6 cm³/mol. The fraction of sp³-hybridized carbons (Fsp3) is 0.400. The first kappa shape index (κ1) is 14.9. The van der Waals surface area contributed by atoms with Crippen LogP contribution in [0.5, 0.6) is 0 Å². The lowest BCUT2D eigenvalue weighted by atomic mass is 9.95. The maximum atomic E-state index is 10.2. The van der Waals surface area contributed by atoms with E-state index >= 15 is 0 Å². The minimum Gasteiger partial charge on any atom is -0.388 e. The molecule has 0 bridgehead atoms. The fourth-order valence-electron chi connectivity index (χ4n) is 1.75. The standard InChI is InChI=1S/C15H21NOS/c1-6-10(2)7-11(3)15(17)12(4)8-14-9-18-13(5)16-14/h6-9,11,15,17H,1H2,2-5H3/b10-7?,12-8+. The molecule has 98 valence electrons. The number of allylic oxidation sites excluding steroid dienone is 2. The van der Waals surface area contributed by atoms with Crippen LogP contribution in [0.4, 0.5) is 0 Å². The summed E-state index contributed by atoms with van der Waals surface area (Å²) in [6.07, 6.45) is 5.29. The molecule has 3 heteroatoms. The van der Waals surface area contributed by atoms with Crippen LogP contribution in [0.3, 0.4) is 0 Å². The van der Waals surface area contributed by atoms with Gasteiger partial charge in [-0.1, -0.05) is 31.2 Å². The highest BCUT2D eigenvalue weighted by molar-refractivity contribution is 7.09. The molecular weight excluding hydrogens is 242 g/mol. The molecule has 0 aromatic carbocycles. The van der Waals surface area contributed by atoms with E-state index in [1.165, 1.54) is 0 Å². The quantitative estimate of drug-likeness (QED) is 0.815. The number of aliphatic hydroxyl groups excluding tert-OH is 1. The number of nitrogens with zero attached hydrogens (tertiary/aromatic N) is 1. The van der Waals surface area contributed by atoms with Crippen molar-refractivity contribution >= 4 is 17.4 Å². The molecule has 0 amide bonds. The van der Waals surface area contributed by atoms with Crippen LogP contribution in [0.15, 0.2) is 35.3 Å². The molecule has 1 heterocycles. The Labute approximate surface area is 113 Å². The molecule has 0 aliphatic heterocycles. The van der Waals surface area contributed by atoms with Gasteiger partial charge in [-0.3, -0.25) is 0 Å². The third kappa shape index (κ3) is 4.24. The molecule has 1 aromatic rings. The van der Waals surface area contributed by atoms with E-state index < -0.39 is 6.10 Å². The molecule has 0 saturated heterocycles. The number of thiazole rings is 1. The zero-order chi connectivity index (χ0) is 13.7. The summed E-state index contributed by atoms with van der Waals surface area (Å²) in [4.78, 5) is 4.37. The van der Waals surface area contributed by atoms with Gasteiger partial charge < -0.3 is 5.11 Å². The van der Waals surface area contributed by atoms with Crippen molar-refractivity contribution in [2.24, 2.45) is 5.92 Å². The van der Waals surface area contributed by atoms with E-state index in [1.807, 2.05) is 45.2 Å². The second-order valence-corrected chi connectivity index (χ2v) is 5.66. The van der Waals surface area contributed by atoms with Crippen LogP contribution >= 0.6 is 11.3 Å². The molecule has 1 aromatic heterocycles. The number of rotatable bonds is 5. The lowest BCUT2D eigenvalue weighted by Gasteiger charge is -2.16. The van der Waals surface area contributed by atoms with Gasteiger partial charge >= 0.3 is 0 Å². The van der Waals surface area contributed by atoms with Crippen molar-refractivity contribution < 1.29 is 5.11 Å². The highest BCUT2D eigenvalue weighted by atomic mass is 32.1. The Hall–Kier alpha value is -1.19. The van der Waals surface area contributed by atoms with Crippen LogP contribution in [0.2, 0.25) is 0 Å². The third-order valence-electron chi connectivity index (χ3n) is 2.82. The lowest BCUT2D eigenvalue weighted by molar-refractivity contribution is 0.174. The summed E-state index contributed by atoms with van der Waals surface area (Å²) in [5.74, 6) is 0.0685. The zero-order valence-corrected chi connectivity index (χ0v) is 12.3. The highest BCUT2D eigenvalue weighted by Gasteiger charge is 2.14. The van der Waals surface area contributed by atoms with Gasteiger partial charge in [0.15, 0.2) is 0 Å². The Morgan fingerprint density at radius 1 is 1.50 bits per heavy atom. The molecule has 0 fully saturated rings. The summed E-state index contributed by atoms with van der Waals surface area (Å²) in [7, 11) is 0. The smallest absolute Gasteiger partial charge is 0.0901 e. The van der Waals surface area contributed by atoms with Crippen molar-refractivity contribution in [3.63, 3.8) is 0 Å². The number of aryl methyl sites for hydroxylation is 1. The molecule has 0 aliphatic carbocycles. The summed E-state index contributed by atoms with van der Waals surface area (Å²) in [6, 6.07) is 0. The zero-order valence-electron chi connectivity index (χ0n) is 11.5. The van der Waals surface area contributed by atoms with Gasteiger partial charge in [-0.2, -0.15) is 0 Å². The van der Waals surface area contributed by atoms with Crippen molar-refractivity contribution in [2.45, 2.75) is 33.8 Å². The van der Waals surface area contributed by atoms with Gasteiger partial charge in [-0.05, 0) is 32.4 Å². The summed E-state index contributed by atoms with van der Waals surface area (Å²) < 4.78 is 0. The minimum atomic E-state index is -0.484. The maximum Gasteiger partial charge on any atom is 0.0901 e. The van der Waals surface area contributed by atoms with Crippen molar-refractivity contribution in [1.29, 1.82) is 0 Å². The first-order valence-electron chi connectivity index (χ1n) is 6.03. The Kier molecular flexibility index (Phi) is 5.51. The molecular formula is C15H21NOS. The van der Waals surface area contributed by atoms with E-state index in [2.05, 4.69) is 11.6 Å². The van der Waals surface area contributed by atoms with E-state index in [9.17, 15) is 5.11 Å². The van der Waals surface area contributed by atoms with Gasteiger partial charge in [0, 0.05) is 11.3 Å². The van der Waals surface area contributed by atoms with Gasteiger partial charge in [0.1, 0.15) is 0 Å². The topological polar surface area (TPSA) is 33.1 Å². The molecule has 18 heavy (non-hydrogen) atoms. The van der Waals surface area contributed by atoms with Gasteiger partial charge in [0.05, 0.1) is 16.8 Å². The molecule has 2 nitrogen and oxygen atoms in total. The lowest BCUT2D eigenvalue weighted by Crippen LogP contribution is -2.17. The molecule has 1 rings (SSSR count). The van der Waals surface area contributed by atoms with Crippen molar-refractivity contribution in [2.75, 3.05) is 0 Å². The van der Waals surface area contributed by atoms with Crippen LogP contribution in [0.1, 0.15) is 31.5 Å². The van der Waals surface area contributed by atoms with Gasteiger partial charge in [-0.15, -0.1) is 11.3 Å². The fourth-order valence-corrected chi connectivity index (χ4v) is 2.32. The van der Waals surface area contributed by atoms with E-state index in [0.717, 1.165) is 21.8 Å². The van der Waals surface area contributed by atoms with Crippen LogP contribution < -0.4 is 0 Å².